The number of hydrogen-bond donors (Lipinski definition) is 1. The Morgan fingerprint density at radius 1 is 1.19 bits per heavy atom. The topological polar surface area (TPSA) is 81.2 Å². The summed E-state index contributed by atoms with van der Waals surface area (Å²) in [7, 11) is 0. The van der Waals surface area contributed by atoms with Crippen LogP contribution in [0.3, 0.4) is 0 Å². The van der Waals surface area contributed by atoms with Crippen LogP contribution in [0.15, 0.2) is 25.3 Å². The zero-order chi connectivity index (χ0) is 27.3. The number of fused-ring (bicyclic) bond motifs is 1. The highest BCUT2D eigenvalue weighted by molar-refractivity contribution is 8.02. The maximum absolute atomic E-state index is 14.4. The van der Waals surface area contributed by atoms with Crippen LogP contribution in [0.1, 0.15) is 66.2 Å². The van der Waals surface area contributed by atoms with Crippen LogP contribution in [-0.2, 0) is 14.4 Å². The van der Waals surface area contributed by atoms with Gasteiger partial charge in [0.05, 0.1) is 16.6 Å². The number of aliphatic hydroxyl groups is 1. The van der Waals surface area contributed by atoms with Gasteiger partial charge in [0, 0.05) is 44.1 Å². The van der Waals surface area contributed by atoms with Crippen LogP contribution in [0.2, 0.25) is 0 Å². The Balaban J connectivity index is 2.06. The molecule has 0 aromatic carbocycles. The lowest BCUT2D eigenvalue weighted by molar-refractivity contribution is -0.145. The summed E-state index contributed by atoms with van der Waals surface area (Å²) in [6.07, 6.45) is 8.21. The van der Waals surface area contributed by atoms with Gasteiger partial charge in [-0.25, -0.2) is 0 Å². The SMILES string of the molecule is C=CCN(CCC)C(=O)[C@@H]1[C@H]2C(=O)N(CCCCO)C(C(=O)N(CC=C)C(C)CCC)C23S[C@@H]1CC3C. The molecular formula is C29H47N3O4S. The van der Waals surface area contributed by atoms with E-state index in [-0.39, 0.29) is 41.5 Å². The molecular weight excluding hydrogens is 486 g/mol. The van der Waals surface area contributed by atoms with Gasteiger partial charge in [-0.15, -0.1) is 24.9 Å². The number of thioether (sulfide) groups is 1. The molecule has 3 aliphatic rings. The molecule has 8 heteroatoms. The molecule has 2 bridgehead atoms. The van der Waals surface area contributed by atoms with Crippen molar-refractivity contribution in [3.63, 3.8) is 0 Å². The quantitative estimate of drug-likeness (QED) is 0.256. The molecule has 0 aromatic heterocycles. The van der Waals surface area contributed by atoms with Gasteiger partial charge in [0.2, 0.25) is 17.7 Å². The van der Waals surface area contributed by atoms with Crippen LogP contribution < -0.4 is 0 Å². The second kappa shape index (κ2) is 12.8. The molecule has 1 N–H and O–H groups in total. The molecule has 3 saturated heterocycles. The number of carbonyl (C=O) groups excluding carboxylic acids is 3. The van der Waals surface area contributed by atoms with Crippen molar-refractivity contribution in [2.75, 3.05) is 32.8 Å². The van der Waals surface area contributed by atoms with E-state index in [0.717, 1.165) is 25.7 Å². The standard InChI is InChI=1S/C29H47N3O4S/c1-7-13-21(6)31(16-10-4)28(36)25-29-20(5)19-22(37-29)23(26(34)30(14-8-2)15-9-3)24(29)27(35)32(25)17-11-12-18-33/h8,10,20-25,33H,2,4,7,9,11-19H2,1,3,5-6H3/t20?,21?,22-,23+,24+,25?,29?/m1/s1. The van der Waals surface area contributed by atoms with E-state index in [1.54, 1.807) is 28.8 Å². The van der Waals surface area contributed by atoms with E-state index < -0.39 is 22.6 Å². The monoisotopic (exact) mass is 533 g/mol. The van der Waals surface area contributed by atoms with E-state index in [1.807, 2.05) is 16.7 Å². The molecule has 1 spiro atoms. The first-order chi connectivity index (χ1) is 17.7. The molecule has 7 nitrogen and oxygen atoms in total. The Morgan fingerprint density at radius 3 is 2.49 bits per heavy atom. The molecule has 208 valence electrons. The number of aliphatic hydroxyl groups excluding tert-OH is 1. The smallest absolute Gasteiger partial charge is 0.247 e. The molecule has 3 aliphatic heterocycles. The Bertz CT molecular complexity index is 866. The minimum atomic E-state index is -0.615. The van der Waals surface area contributed by atoms with Crippen molar-refractivity contribution >= 4 is 29.5 Å². The van der Waals surface area contributed by atoms with Crippen LogP contribution in [0.25, 0.3) is 0 Å². The van der Waals surface area contributed by atoms with Crippen molar-refractivity contribution in [3.8, 4) is 0 Å². The summed E-state index contributed by atoms with van der Waals surface area (Å²) in [5.74, 6) is -0.837. The van der Waals surface area contributed by atoms with Gasteiger partial charge in [-0.2, -0.15) is 0 Å². The number of likely N-dealkylation sites (tertiary alicyclic amines) is 1. The lowest BCUT2D eigenvalue weighted by Crippen LogP contribution is -2.58. The minimum Gasteiger partial charge on any atom is -0.396 e. The molecule has 4 unspecified atom stereocenters. The van der Waals surface area contributed by atoms with Crippen molar-refractivity contribution in [2.45, 2.75) is 88.3 Å². The third-order valence-corrected chi connectivity index (χ3v) is 10.6. The third-order valence-electron chi connectivity index (χ3n) is 8.57. The summed E-state index contributed by atoms with van der Waals surface area (Å²) in [6.45, 7) is 18.1. The fourth-order valence-corrected chi connectivity index (χ4v) is 9.41. The maximum Gasteiger partial charge on any atom is 0.247 e. The van der Waals surface area contributed by atoms with Crippen LogP contribution in [-0.4, -0.2) is 92.4 Å². The first-order valence-corrected chi connectivity index (χ1v) is 15.0. The van der Waals surface area contributed by atoms with Crippen molar-refractivity contribution in [1.29, 1.82) is 0 Å². The van der Waals surface area contributed by atoms with Crippen molar-refractivity contribution in [1.82, 2.24) is 14.7 Å². The van der Waals surface area contributed by atoms with Crippen LogP contribution in [0, 0.1) is 17.8 Å². The van der Waals surface area contributed by atoms with E-state index in [9.17, 15) is 19.5 Å². The fourth-order valence-electron chi connectivity index (χ4n) is 7.00. The Kier molecular flexibility index (Phi) is 10.3. The summed E-state index contributed by atoms with van der Waals surface area (Å²) in [4.78, 5) is 48.1. The van der Waals surface area contributed by atoms with E-state index >= 15 is 0 Å². The van der Waals surface area contributed by atoms with Crippen LogP contribution >= 0.6 is 11.8 Å². The lowest BCUT2D eigenvalue weighted by Gasteiger charge is -2.42. The summed E-state index contributed by atoms with van der Waals surface area (Å²) in [6, 6.07) is -0.575. The molecule has 0 radical (unpaired) electrons. The van der Waals surface area contributed by atoms with Gasteiger partial charge in [-0.3, -0.25) is 14.4 Å². The molecule has 3 amide bonds. The lowest BCUT2D eigenvalue weighted by atomic mass is 9.65. The zero-order valence-electron chi connectivity index (χ0n) is 23.2. The van der Waals surface area contributed by atoms with Gasteiger partial charge in [0.1, 0.15) is 6.04 Å². The number of hydrogen-bond acceptors (Lipinski definition) is 5. The molecule has 7 atom stereocenters. The van der Waals surface area contributed by atoms with Crippen molar-refractivity contribution in [3.05, 3.63) is 25.3 Å². The molecule has 3 fully saturated rings. The van der Waals surface area contributed by atoms with E-state index in [1.165, 1.54) is 0 Å². The number of carbonyl (C=O) groups is 3. The highest BCUT2D eigenvalue weighted by Gasteiger charge is 2.76. The number of rotatable bonds is 15. The molecule has 37 heavy (non-hydrogen) atoms. The van der Waals surface area contributed by atoms with Crippen LogP contribution in [0.4, 0.5) is 0 Å². The second-order valence-electron chi connectivity index (χ2n) is 11.0. The molecule has 0 aliphatic carbocycles. The molecule has 0 aromatic rings. The first-order valence-electron chi connectivity index (χ1n) is 14.1. The summed E-state index contributed by atoms with van der Waals surface area (Å²) < 4.78 is -0.615. The predicted octanol–water partition coefficient (Wildman–Crippen LogP) is 3.72. The van der Waals surface area contributed by atoms with Crippen molar-refractivity contribution < 1.29 is 19.5 Å². The van der Waals surface area contributed by atoms with Gasteiger partial charge in [-0.05, 0) is 44.9 Å². The van der Waals surface area contributed by atoms with E-state index in [4.69, 9.17) is 0 Å². The minimum absolute atomic E-state index is 0.0229. The van der Waals surface area contributed by atoms with Gasteiger partial charge < -0.3 is 19.8 Å². The Morgan fingerprint density at radius 2 is 1.89 bits per heavy atom. The largest absolute Gasteiger partial charge is 0.396 e. The van der Waals surface area contributed by atoms with Gasteiger partial charge in [-0.1, -0.05) is 39.3 Å². The number of nitrogens with zero attached hydrogens (tertiary/aromatic N) is 3. The zero-order valence-corrected chi connectivity index (χ0v) is 24.0. The van der Waals surface area contributed by atoms with Crippen molar-refractivity contribution in [2.24, 2.45) is 17.8 Å². The average Bonchev–Trinajstić information content (AvgIpc) is 3.45. The summed E-state index contributed by atoms with van der Waals surface area (Å²) >= 11 is 1.73. The Hall–Kier alpha value is -1.80. The van der Waals surface area contributed by atoms with Crippen LogP contribution in [0.5, 0.6) is 0 Å². The first kappa shape index (κ1) is 29.8. The fraction of sp³-hybridized carbons (Fsp3) is 0.759. The van der Waals surface area contributed by atoms with Gasteiger partial charge in [0.15, 0.2) is 0 Å². The highest BCUT2D eigenvalue weighted by Crippen LogP contribution is 2.69. The van der Waals surface area contributed by atoms with Gasteiger partial charge >= 0.3 is 0 Å². The number of unbranched alkanes of at least 4 members (excludes halogenated alkanes) is 1. The summed E-state index contributed by atoms with van der Waals surface area (Å²) in [5.41, 5.74) is 0. The highest BCUT2D eigenvalue weighted by atomic mass is 32.2. The second-order valence-corrected chi connectivity index (χ2v) is 12.6. The average molecular weight is 534 g/mol. The third kappa shape index (κ3) is 5.25. The normalized spacial score (nSPS) is 30.8. The Labute approximate surface area is 227 Å². The maximum atomic E-state index is 14.4. The van der Waals surface area contributed by atoms with E-state index in [0.29, 0.717) is 39.0 Å². The molecule has 3 rings (SSSR count). The number of amides is 3. The molecule has 3 heterocycles. The predicted molar refractivity (Wildman–Crippen MR) is 150 cm³/mol. The van der Waals surface area contributed by atoms with E-state index in [2.05, 4.69) is 33.9 Å². The summed E-state index contributed by atoms with van der Waals surface area (Å²) in [5, 5.41) is 9.44. The molecule has 0 saturated carbocycles. The van der Waals surface area contributed by atoms with Gasteiger partial charge in [0.25, 0.3) is 0 Å².